The van der Waals surface area contributed by atoms with Crippen LogP contribution in [0.4, 0.5) is 22.0 Å². The van der Waals surface area contributed by atoms with E-state index < -0.39 is 44.1 Å². The molecule has 3 nitrogen and oxygen atoms in total. The van der Waals surface area contributed by atoms with Crippen molar-refractivity contribution in [1.82, 2.24) is 0 Å². The largest absolute Gasteiger partial charge is 0.300 e. The van der Waals surface area contributed by atoms with E-state index in [1.807, 2.05) is 0 Å². The van der Waals surface area contributed by atoms with E-state index in [2.05, 4.69) is 0 Å². The molecule has 0 heterocycles. The summed E-state index contributed by atoms with van der Waals surface area (Å²) in [6.45, 7) is 0. The monoisotopic (exact) mass is 304 g/mol. The molecule has 0 amide bonds. The Morgan fingerprint density at radius 2 is 1.00 bits per heavy atom. The Morgan fingerprint density at radius 3 is 1.25 bits per heavy atom. The Hall–Kier alpha value is -0.701. The molecule has 0 fully saturated rings. The van der Waals surface area contributed by atoms with Gasteiger partial charge in [0.25, 0.3) is 0 Å². The van der Waals surface area contributed by atoms with Crippen molar-refractivity contribution in [2.45, 2.75) is 4.90 Å². The van der Waals surface area contributed by atoms with Gasteiger partial charge in [-0.15, -0.1) is 0 Å². The van der Waals surface area contributed by atoms with Gasteiger partial charge >= 0.3 is 10.1 Å². The van der Waals surface area contributed by atoms with Crippen LogP contribution in [0.2, 0.25) is 0 Å². The van der Waals surface area contributed by atoms with Crippen molar-refractivity contribution in [3.05, 3.63) is 29.1 Å². The van der Waals surface area contributed by atoms with E-state index in [1.165, 1.54) is 0 Å². The van der Waals surface area contributed by atoms with Crippen LogP contribution in [-0.4, -0.2) is 13.0 Å². The standard InChI is InChI=1S/C6HF5O3S.Fe/c7-1-2(8)4(10)6(15(12,13)14)5(11)3(1)9;/h(H,12,13,14);. The van der Waals surface area contributed by atoms with Crippen molar-refractivity contribution in [2.24, 2.45) is 0 Å². The van der Waals surface area contributed by atoms with E-state index >= 15 is 0 Å². The second-order valence-electron chi connectivity index (χ2n) is 2.37. The van der Waals surface area contributed by atoms with Gasteiger partial charge in [0.15, 0.2) is 28.2 Å². The number of halogens is 5. The Kier molecular flexibility index (Phi) is 4.46. The minimum Gasteiger partial charge on any atom is -0.282 e. The molecule has 0 bridgehead atoms. The zero-order valence-corrected chi connectivity index (χ0v) is 8.84. The molecule has 0 saturated carbocycles. The van der Waals surface area contributed by atoms with E-state index in [0.29, 0.717) is 0 Å². The van der Waals surface area contributed by atoms with Gasteiger partial charge < -0.3 is 0 Å². The van der Waals surface area contributed by atoms with Crippen molar-refractivity contribution in [1.29, 1.82) is 0 Å². The first-order chi connectivity index (χ1) is 6.68. The zero-order valence-electron chi connectivity index (χ0n) is 6.92. The number of benzene rings is 1. The molecule has 1 aromatic rings. The molecule has 0 aliphatic carbocycles. The SMILES string of the molecule is O=S(=O)(O)c1c(F)c(F)c(F)c(F)c1F.[Fe]. The van der Waals surface area contributed by atoms with Crippen LogP contribution in [0.1, 0.15) is 0 Å². The van der Waals surface area contributed by atoms with Gasteiger partial charge in [-0.3, -0.25) is 4.55 Å². The van der Waals surface area contributed by atoms with E-state index in [9.17, 15) is 30.4 Å². The number of hydrogen-bond donors (Lipinski definition) is 1. The molecular formula is C6HF5FeO3S. The summed E-state index contributed by atoms with van der Waals surface area (Å²) in [5.41, 5.74) is 0. The summed E-state index contributed by atoms with van der Waals surface area (Å²) in [6, 6.07) is 0. The van der Waals surface area contributed by atoms with Gasteiger partial charge in [-0.1, -0.05) is 0 Å². The minimum atomic E-state index is -5.52. The molecule has 10 heteroatoms. The Balaban J connectivity index is 0.00000225. The molecular weight excluding hydrogens is 303 g/mol. The molecule has 0 unspecified atom stereocenters. The van der Waals surface area contributed by atoms with Crippen molar-refractivity contribution in [3.8, 4) is 0 Å². The molecule has 16 heavy (non-hydrogen) atoms. The maximum Gasteiger partial charge on any atom is 0.300 e. The third-order valence-corrected chi connectivity index (χ3v) is 2.30. The molecule has 0 radical (unpaired) electrons. The van der Waals surface area contributed by atoms with Gasteiger partial charge in [-0.25, -0.2) is 22.0 Å². The topological polar surface area (TPSA) is 54.4 Å². The molecule has 1 N–H and O–H groups in total. The Labute approximate surface area is 96.5 Å². The molecule has 0 aliphatic heterocycles. The quantitative estimate of drug-likeness (QED) is 0.282. The van der Waals surface area contributed by atoms with Gasteiger partial charge in [0.1, 0.15) is 0 Å². The minimum absolute atomic E-state index is 0. The first-order valence-corrected chi connectivity index (χ1v) is 4.61. The average Bonchev–Trinajstić information content (AvgIpc) is 2.09. The number of hydrogen-bond acceptors (Lipinski definition) is 2. The van der Waals surface area contributed by atoms with E-state index in [-0.39, 0.29) is 17.1 Å². The summed E-state index contributed by atoms with van der Waals surface area (Å²) >= 11 is 0. The maximum absolute atomic E-state index is 12.6. The fourth-order valence-corrected chi connectivity index (χ4v) is 1.44. The van der Waals surface area contributed by atoms with E-state index in [1.54, 1.807) is 0 Å². The van der Waals surface area contributed by atoms with Crippen molar-refractivity contribution in [2.75, 3.05) is 0 Å². The zero-order chi connectivity index (χ0) is 12.0. The van der Waals surface area contributed by atoms with Crippen LogP contribution in [-0.2, 0) is 27.2 Å². The summed E-state index contributed by atoms with van der Waals surface area (Å²) in [7, 11) is -5.52. The summed E-state index contributed by atoms with van der Waals surface area (Å²) in [4.78, 5) is -2.26. The molecule has 0 aromatic heterocycles. The van der Waals surface area contributed by atoms with Gasteiger partial charge in [0, 0.05) is 17.1 Å². The third-order valence-electron chi connectivity index (χ3n) is 1.43. The molecule has 0 saturated heterocycles. The molecule has 0 atom stereocenters. The van der Waals surface area contributed by atoms with Crippen molar-refractivity contribution >= 4 is 10.1 Å². The van der Waals surface area contributed by atoms with Crippen LogP contribution in [0.5, 0.6) is 0 Å². The molecule has 0 spiro atoms. The van der Waals surface area contributed by atoms with E-state index in [4.69, 9.17) is 4.55 Å². The van der Waals surface area contributed by atoms with Crippen LogP contribution in [0.25, 0.3) is 0 Å². The molecule has 1 rings (SSSR count). The predicted molar refractivity (Wildman–Crippen MR) is 36.0 cm³/mol. The third kappa shape index (κ3) is 2.34. The molecule has 0 aliphatic rings. The second-order valence-corrected chi connectivity index (χ2v) is 3.73. The van der Waals surface area contributed by atoms with Crippen LogP contribution < -0.4 is 0 Å². The van der Waals surface area contributed by atoms with Crippen LogP contribution in [0, 0.1) is 29.1 Å². The first kappa shape index (κ1) is 15.3. The number of rotatable bonds is 1. The average molecular weight is 304 g/mol. The van der Waals surface area contributed by atoms with Gasteiger partial charge in [-0.05, 0) is 0 Å². The smallest absolute Gasteiger partial charge is 0.282 e. The summed E-state index contributed by atoms with van der Waals surface area (Å²) in [5.74, 6) is -12.6. The van der Waals surface area contributed by atoms with Crippen molar-refractivity contribution in [3.63, 3.8) is 0 Å². The van der Waals surface area contributed by atoms with Gasteiger partial charge in [0.2, 0.25) is 5.82 Å². The summed E-state index contributed by atoms with van der Waals surface area (Å²) in [5, 5.41) is 0. The van der Waals surface area contributed by atoms with Crippen LogP contribution >= 0.6 is 0 Å². The fourth-order valence-electron chi connectivity index (χ4n) is 0.811. The van der Waals surface area contributed by atoms with Gasteiger partial charge in [0.05, 0.1) is 0 Å². The molecule has 92 valence electrons. The van der Waals surface area contributed by atoms with Crippen molar-refractivity contribution < 1.29 is 52.0 Å². The van der Waals surface area contributed by atoms with Crippen LogP contribution in [0.15, 0.2) is 4.90 Å². The van der Waals surface area contributed by atoms with E-state index in [0.717, 1.165) is 0 Å². The predicted octanol–water partition coefficient (Wildman–Crippen LogP) is 1.63. The van der Waals surface area contributed by atoms with Gasteiger partial charge in [-0.2, -0.15) is 8.42 Å². The summed E-state index contributed by atoms with van der Waals surface area (Å²) < 4.78 is 91.3. The van der Waals surface area contributed by atoms with Crippen LogP contribution in [0.3, 0.4) is 0 Å². The second kappa shape index (κ2) is 4.66. The summed E-state index contributed by atoms with van der Waals surface area (Å²) in [6.07, 6.45) is 0. The maximum atomic E-state index is 12.6. The Bertz CT molecular complexity index is 500. The Morgan fingerprint density at radius 1 is 0.750 bits per heavy atom. The fraction of sp³-hybridized carbons (Fsp3) is 0. The first-order valence-electron chi connectivity index (χ1n) is 3.16. The molecule has 1 aromatic carbocycles. The normalized spacial score (nSPS) is 11.1.